The summed E-state index contributed by atoms with van der Waals surface area (Å²) in [6, 6.07) is 7.17. The van der Waals surface area contributed by atoms with Crippen LogP contribution in [0.4, 0.5) is 24.5 Å². The van der Waals surface area contributed by atoms with Crippen molar-refractivity contribution in [1.29, 1.82) is 0 Å². The van der Waals surface area contributed by atoms with Gasteiger partial charge < -0.3 is 15.0 Å². The largest absolute Gasteiger partial charge is 0.433 e. The number of aryl methyl sites for hydroxylation is 1. The van der Waals surface area contributed by atoms with Crippen LogP contribution in [0.25, 0.3) is 11.1 Å². The number of nitrogens with zero attached hydrogens (tertiary/aromatic N) is 4. The van der Waals surface area contributed by atoms with Crippen molar-refractivity contribution in [2.45, 2.75) is 20.0 Å². The number of carbonyl (C=O) groups is 1. The predicted molar refractivity (Wildman–Crippen MR) is 160 cm³/mol. The van der Waals surface area contributed by atoms with Crippen LogP contribution < -0.4 is 10.2 Å². The van der Waals surface area contributed by atoms with Crippen LogP contribution in [0.15, 0.2) is 58.9 Å². The number of morpholine rings is 1. The van der Waals surface area contributed by atoms with Gasteiger partial charge in [-0.3, -0.25) is 9.79 Å². The number of carbonyl (C=O) groups excluding carboxylic acids is 1. The zero-order valence-electron chi connectivity index (χ0n) is 24.0. The van der Waals surface area contributed by atoms with Crippen LogP contribution >= 0.6 is 0 Å². The van der Waals surface area contributed by atoms with E-state index in [0.717, 1.165) is 22.4 Å². The van der Waals surface area contributed by atoms with E-state index in [1.807, 2.05) is 13.0 Å². The second-order valence-corrected chi connectivity index (χ2v) is 12.1. The molecule has 13 heteroatoms. The third-order valence-corrected chi connectivity index (χ3v) is 8.30. The van der Waals surface area contributed by atoms with Gasteiger partial charge in [0.2, 0.25) is 10.0 Å². The minimum atomic E-state index is -4.75. The van der Waals surface area contributed by atoms with E-state index in [0.29, 0.717) is 56.9 Å². The molecule has 0 spiro atoms. The summed E-state index contributed by atoms with van der Waals surface area (Å²) < 4.78 is 69.7. The van der Waals surface area contributed by atoms with Gasteiger partial charge in [-0.2, -0.15) is 17.5 Å². The maximum Gasteiger partial charge on any atom is 0.433 e. The molecule has 0 radical (unpaired) electrons. The molecule has 2 aromatic rings. The van der Waals surface area contributed by atoms with Crippen molar-refractivity contribution in [3.05, 3.63) is 65.1 Å². The third-order valence-electron chi connectivity index (χ3n) is 7.06. The Bertz CT molecular complexity index is 1630. The summed E-state index contributed by atoms with van der Waals surface area (Å²) in [6.45, 7) is 9.37. The zero-order valence-corrected chi connectivity index (χ0v) is 24.8. The van der Waals surface area contributed by atoms with Crippen molar-refractivity contribution in [2.24, 2.45) is 10.9 Å². The van der Waals surface area contributed by atoms with Gasteiger partial charge in [0, 0.05) is 55.1 Å². The molecule has 228 valence electrons. The molecular formula is C30H32F3N5O4S. The first-order valence-electron chi connectivity index (χ1n) is 13.4. The molecule has 0 unspecified atom stereocenters. The summed E-state index contributed by atoms with van der Waals surface area (Å²) in [5.74, 6) is 5.47. The Balaban J connectivity index is 1.62. The highest BCUT2D eigenvalue weighted by Crippen LogP contribution is 2.32. The van der Waals surface area contributed by atoms with Crippen LogP contribution in [-0.4, -0.2) is 82.2 Å². The van der Waals surface area contributed by atoms with Gasteiger partial charge in [0.05, 0.1) is 25.2 Å². The summed E-state index contributed by atoms with van der Waals surface area (Å²) in [5.41, 5.74) is 2.68. The molecule has 1 aromatic carbocycles. The number of ether oxygens (including phenoxy) is 1. The zero-order chi connectivity index (χ0) is 31.4. The lowest BCUT2D eigenvalue weighted by Gasteiger charge is -2.33. The van der Waals surface area contributed by atoms with Gasteiger partial charge in [-0.1, -0.05) is 18.1 Å². The molecule has 2 aliphatic heterocycles. The molecule has 2 saturated heterocycles. The van der Waals surface area contributed by atoms with Crippen LogP contribution in [0, 0.1) is 24.7 Å². The smallest absolute Gasteiger partial charge is 0.378 e. The number of nitrogens with one attached hydrogen (secondary N) is 1. The normalized spacial score (nSPS) is 17.1. The molecule has 0 aliphatic carbocycles. The average Bonchev–Trinajstić information content (AvgIpc) is 2.93. The van der Waals surface area contributed by atoms with Gasteiger partial charge in [0.25, 0.3) is 5.91 Å². The quantitative estimate of drug-likeness (QED) is 0.217. The molecule has 2 aliphatic rings. The Morgan fingerprint density at radius 3 is 2.53 bits per heavy atom. The Kier molecular flexibility index (Phi) is 9.74. The van der Waals surface area contributed by atoms with E-state index in [1.165, 1.54) is 23.6 Å². The van der Waals surface area contributed by atoms with Crippen molar-refractivity contribution in [3.8, 4) is 23.0 Å². The van der Waals surface area contributed by atoms with E-state index in [2.05, 4.69) is 38.8 Å². The highest BCUT2D eigenvalue weighted by Gasteiger charge is 2.34. The molecule has 4 rings (SSSR count). The topological polar surface area (TPSA) is 104 Å². The lowest BCUT2D eigenvalue weighted by Crippen LogP contribution is -2.48. The minimum absolute atomic E-state index is 0.0809. The van der Waals surface area contributed by atoms with Crippen LogP contribution in [0.3, 0.4) is 0 Å². The number of anilines is 2. The van der Waals surface area contributed by atoms with Crippen LogP contribution in [0.1, 0.15) is 18.2 Å². The van der Waals surface area contributed by atoms with Crippen LogP contribution in [0.5, 0.6) is 0 Å². The summed E-state index contributed by atoms with van der Waals surface area (Å²) in [4.78, 5) is 22.6. The van der Waals surface area contributed by atoms with Gasteiger partial charge in [-0.15, -0.1) is 0 Å². The summed E-state index contributed by atoms with van der Waals surface area (Å²) in [6.07, 6.45) is 0.0246. The maximum absolute atomic E-state index is 13.1. The number of pyridine rings is 1. The maximum atomic E-state index is 13.1. The Hall–Kier alpha value is -3.99. The number of amides is 1. The molecule has 3 heterocycles. The molecular weight excluding hydrogens is 583 g/mol. The van der Waals surface area contributed by atoms with Gasteiger partial charge in [-0.05, 0) is 61.9 Å². The monoisotopic (exact) mass is 615 g/mol. The lowest BCUT2D eigenvalue weighted by molar-refractivity contribution is -0.112. The second kappa shape index (κ2) is 13.1. The number of hydrogen-bond donors (Lipinski definition) is 1. The molecule has 9 nitrogen and oxygen atoms in total. The number of aromatic nitrogens is 1. The standard InChI is InChI=1S/C30H32F3N5O4S/c1-5-22(15-28(34-3)30(31,32)33)29(39)36-24-8-6-20(2)25(16-24)23-14-27(37-10-12-42-13-11-37)26(35-17-23)9-7-21-18-38(19-21)43(4,40)41/h5-6,8,14-17,21H,3,10-13,18-19H2,1-2,4H3,(H,36,39)/b22-5+,28-15-. The van der Waals surface area contributed by atoms with Crippen LogP contribution in [0.2, 0.25) is 0 Å². The first kappa shape index (κ1) is 31.9. The second-order valence-electron chi connectivity index (χ2n) is 10.2. The Labute approximate surface area is 249 Å². The SMILES string of the molecule is C=N/C(=C\C(=C/C)C(=O)Nc1ccc(C)c(-c2cnc(C#CC3CN(S(C)(=O)=O)C3)c(N3CCOCC3)c2)c1)C(F)(F)F. The molecule has 1 N–H and O–H groups in total. The summed E-state index contributed by atoms with van der Waals surface area (Å²) in [5, 5.41) is 2.66. The third kappa shape index (κ3) is 7.90. The van der Waals surface area contributed by atoms with Crippen molar-refractivity contribution < 1.29 is 31.1 Å². The summed E-state index contributed by atoms with van der Waals surface area (Å²) >= 11 is 0. The van der Waals surface area contributed by atoms with E-state index in [1.54, 1.807) is 24.4 Å². The van der Waals surface area contributed by atoms with E-state index in [9.17, 15) is 26.4 Å². The van der Waals surface area contributed by atoms with Crippen molar-refractivity contribution in [2.75, 3.05) is 55.9 Å². The molecule has 43 heavy (non-hydrogen) atoms. The van der Waals surface area contributed by atoms with Gasteiger partial charge in [-0.25, -0.2) is 13.4 Å². The number of sulfonamides is 1. The Morgan fingerprint density at radius 1 is 1.23 bits per heavy atom. The highest BCUT2D eigenvalue weighted by molar-refractivity contribution is 7.88. The van der Waals surface area contributed by atoms with Gasteiger partial charge >= 0.3 is 6.18 Å². The van der Waals surface area contributed by atoms with Gasteiger partial charge in [0.15, 0.2) is 0 Å². The van der Waals surface area contributed by atoms with Crippen molar-refractivity contribution >= 4 is 34.0 Å². The fourth-order valence-electron chi connectivity index (χ4n) is 4.57. The molecule has 0 bridgehead atoms. The molecule has 2 fully saturated rings. The van der Waals surface area contributed by atoms with Crippen molar-refractivity contribution in [3.63, 3.8) is 0 Å². The van der Waals surface area contributed by atoms with E-state index < -0.39 is 27.8 Å². The van der Waals surface area contributed by atoms with E-state index in [4.69, 9.17) is 4.74 Å². The van der Waals surface area contributed by atoms with E-state index in [-0.39, 0.29) is 11.5 Å². The molecule has 0 saturated carbocycles. The number of aliphatic imine (C=N–C) groups is 1. The number of rotatable bonds is 7. The fourth-order valence-corrected chi connectivity index (χ4v) is 5.47. The number of alkyl halides is 3. The number of hydrogen-bond acceptors (Lipinski definition) is 7. The average molecular weight is 616 g/mol. The highest BCUT2D eigenvalue weighted by atomic mass is 32.2. The number of halogens is 3. The molecule has 0 atom stereocenters. The molecule has 1 aromatic heterocycles. The predicted octanol–water partition coefficient (Wildman–Crippen LogP) is 4.17. The first-order valence-corrected chi connectivity index (χ1v) is 15.3. The Morgan fingerprint density at radius 2 is 1.93 bits per heavy atom. The summed E-state index contributed by atoms with van der Waals surface area (Å²) in [7, 11) is -3.23. The molecule has 1 amide bonds. The first-order chi connectivity index (χ1) is 20.3. The van der Waals surface area contributed by atoms with Gasteiger partial charge in [0.1, 0.15) is 11.4 Å². The van der Waals surface area contributed by atoms with Crippen molar-refractivity contribution in [1.82, 2.24) is 9.29 Å². The fraction of sp³-hybridized carbons (Fsp3) is 0.367. The minimum Gasteiger partial charge on any atom is -0.378 e. The number of benzene rings is 1. The lowest BCUT2D eigenvalue weighted by atomic mass is 9.99. The number of allylic oxidation sites excluding steroid dienone is 2. The van der Waals surface area contributed by atoms with Crippen LogP contribution in [-0.2, 0) is 19.6 Å². The van der Waals surface area contributed by atoms with E-state index >= 15 is 0 Å².